The van der Waals surface area contributed by atoms with Crippen LogP contribution in [0, 0.1) is 0 Å². The van der Waals surface area contributed by atoms with Crippen molar-refractivity contribution in [2.75, 3.05) is 14.1 Å². The number of unbranched alkanes of at least 4 members (excludes halogenated alkanes) is 9. The topological polar surface area (TPSA) is 20.3 Å². The molecular weight excluding hydrogens is 246 g/mol. The maximum atomic E-state index is 12.1. The quantitative estimate of drug-likeness (QED) is 0.433. The summed E-state index contributed by atoms with van der Waals surface area (Å²) in [6, 6.07) is 0. The normalized spacial score (nSPS) is 12.1. The van der Waals surface area contributed by atoms with E-state index in [0.717, 1.165) is 12.8 Å². The summed E-state index contributed by atoms with van der Waals surface area (Å²) >= 11 is 0. The standard InChI is InChI=1S/C18H37NO/c1-6-7-8-9-10-11-12-13-14-15-16-17(20)18(2,3)19(4)5/h6-16H2,1-5H3. The van der Waals surface area contributed by atoms with Crippen molar-refractivity contribution in [3.63, 3.8) is 0 Å². The minimum absolute atomic E-state index is 0.306. The zero-order valence-electron chi connectivity index (χ0n) is 14.6. The van der Waals surface area contributed by atoms with Gasteiger partial charge in [-0.15, -0.1) is 0 Å². The lowest BCUT2D eigenvalue weighted by Gasteiger charge is -2.30. The van der Waals surface area contributed by atoms with E-state index in [2.05, 4.69) is 6.92 Å². The monoisotopic (exact) mass is 283 g/mol. The van der Waals surface area contributed by atoms with E-state index in [1.54, 1.807) is 0 Å². The van der Waals surface area contributed by atoms with Crippen LogP contribution in [0.4, 0.5) is 0 Å². The van der Waals surface area contributed by atoms with Crippen LogP contribution in [0.2, 0.25) is 0 Å². The van der Waals surface area contributed by atoms with E-state index in [0.29, 0.717) is 5.78 Å². The lowest BCUT2D eigenvalue weighted by Crippen LogP contribution is -2.45. The van der Waals surface area contributed by atoms with Crippen molar-refractivity contribution in [3.8, 4) is 0 Å². The van der Waals surface area contributed by atoms with Crippen LogP contribution in [0.15, 0.2) is 0 Å². The van der Waals surface area contributed by atoms with Crippen molar-refractivity contribution in [3.05, 3.63) is 0 Å². The molecule has 0 aromatic rings. The first kappa shape index (κ1) is 19.6. The zero-order chi connectivity index (χ0) is 15.4. The molecule has 0 atom stereocenters. The lowest BCUT2D eigenvalue weighted by molar-refractivity contribution is -0.128. The summed E-state index contributed by atoms with van der Waals surface area (Å²) in [7, 11) is 3.97. The van der Waals surface area contributed by atoms with Crippen molar-refractivity contribution >= 4 is 5.78 Å². The van der Waals surface area contributed by atoms with Crippen LogP contribution in [0.5, 0.6) is 0 Å². The Balaban J connectivity index is 3.42. The molecule has 0 radical (unpaired) electrons. The summed E-state index contributed by atoms with van der Waals surface area (Å²) in [6.45, 7) is 6.30. The van der Waals surface area contributed by atoms with E-state index >= 15 is 0 Å². The Labute approximate surface area is 127 Å². The Morgan fingerprint density at radius 2 is 1.20 bits per heavy atom. The predicted octanol–water partition coefficient (Wildman–Crippen LogP) is 5.21. The third-order valence-corrected chi connectivity index (χ3v) is 4.56. The maximum Gasteiger partial charge on any atom is 0.152 e. The molecule has 0 aliphatic carbocycles. The van der Waals surface area contributed by atoms with Gasteiger partial charge in [0.1, 0.15) is 0 Å². The third-order valence-electron chi connectivity index (χ3n) is 4.56. The summed E-state index contributed by atoms with van der Waals surface area (Å²) in [4.78, 5) is 14.1. The average molecular weight is 284 g/mol. The van der Waals surface area contributed by atoms with Crippen LogP contribution in [0.25, 0.3) is 0 Å². The largest absolute Gasteiger partial charge is 0.298 e. The highest BCUT2D eigenvalue weighted by molar-refractivity contribution is 5.87. The maximum absolute atomic E-state index is 12.1. The molecule has 0 aliphatic rings. The summed E-state index contributed by atoms with van der Waals surface area (Å²) in [5.74, 6) is 0.377. The molecule has 0 aromatic carbocycles. The molecule has 0 aromatic heterocycles. The molecule has 0 aliphatic heterocycles. The van der Waals surface area contributed by atoms with Crippen molar-refractivity contribution in [1.29, 1.82) is 0 Å². The van der Waals surface area contributed by atoms with Crippen molar-refractivity contribution in [1.82, 2.24) is 4.90 Å². The van der Waals surface area contributed by atoms with Gasteiger partial charge in [0.15, 0.2) is 5.78 Å². The predicted molar refractivity (Wildman–Crippen MR) is 89.2 cm³/mol. The smallest absolute Gasteiger partial charge is 0.152 e. The number of rotatable bonds is 13. The number of nitrogens with zero attached hydrogens (tertiary/aromatic N) is 1. The Morgan fingerprint density at radius 1 is 0.800 bits per heavy atom. The number of likely N-dealkylation sites (N-methyl/N-ethyl adjacent to an activating group) is 1. The zero-order valence-corrected chi connectivity index (χ0v) is 14.6. The van der Waals surface area contributed by atoms with E-state index in [4.69, 9.17) is 0 Å². The van der Waals surface area contributed by atoms with Gasteiger partial charge in [-0.2, -0.15) is 0 Å². The van der Waals surface area contributed by atoms with Crippen molar-refractivity contribution in [2.24, 2.45) is 0 Å². The average Bonchev–Trinajstić information content (AvgIpc) is 2.40. The van der Waals surface area contributed by atoms with Gasteiger partial charge >= 0.3 is 0 Å². The third kappa shape index (κ3) is 8.73. The molecule has 2 heteroatoms. The highest BCUT2D eigenvalue weighted by Crippen LogP contribution is 2.17. The fraction of sp³-hybridized carbons (Fsp3) is 0.944. The molecule has 0 saturated carbocycles. The second-order valence-electron chi connectivity index (χ2n) is 6.81. The molecule has 0 unspecified atom stereocenters. The van der Waals surface area contributed by atoms with Crippen LogP contribution in [-0.4, -0.2) is 30.3 Å². The van der Waals surface area contributed by atoms with E-state index in [-0.39, 0.29) is 5.54 Å². The fourth-order valence-electron chi connectivity index (χ4n) is 2.33. The molecule has 0 rings (SSSR count). The van der Waals surface area contributed by atoms with Crippen molar-refractivity contribution in [2.45, 2.75) is 96.9 Å². The number of Topliss-reactive ketones (excluding diaryl/α,β-unsaturated/α-hetero) is 1. The van der Waals surface area contributed by atoms with E-state index < -0.39 is 0 Å². The lowest BCUT2D eigenvalue weighted by atomic mass is 9.93. The Kier molecular flexibility index (Phi) is 11.1. The first-order valence-electron chi connectivity index (χ1n) is 8.63. The van der Waals surface area contributed by atoms with E-state index in [9.17, 15) is 4.79 Å². The Morgan fingerprint density at radius 3 is 1.60 bits per heavy atom. The van der Waals surface area contributed by atoms with Crippen LogP contribution < -0.4 is 0 Å². The minimum atomic E-state index is -0.306. The number of hydrogen-bond acceptors (Lipinski definition) is 2. The van der Waals surface area contributed by atoms with Gasteiger partial charge in [0.2, 0.25) is 0 Å². The first-order chi connectivity index (χ1) is 9.42. The fourth-order valence-corrected chi connectivity index (χ4v) is 2.33. The molecule has 0 bridgehead atoms. The van der Waals surface area contributed by atoms with Crippen molar-refractivity contribution < 1.29 is 4.79 Å². The number of carbonyl (C=O) groups is 1. The van der Waals surface area contributed by atoms with Gasteiger partial charge in [0.25, 0.3) is 0 Å². The summed E-state index contributed by atoms with van der Waals surface area (Å²) in [5.41, 5.74) is -0.306. The van der Waals surface area contributed by atoms with Gasteiger partial charge in [-0.25, -0.2) is 0 Å². The second kappa shape index (κ2) is 11.3. The number of hydrogen-bond donors (Lipinski definition) is 0. The summed E-state index contributed by atoms with van der Waals surface area (Å²) in [6.07, 6.45) is 14.0. The molecule has 0 saturated heterocycles. The summed E-state index contributed by atoms with van der Waals surface area (Å²) in [5, 5.41) is 0. The molecule has 20 heavy (non-hydrogen) atoms. The SMILES string of the molecule is CCCCCCCCCCCCC(=O)C(C)(C)N(C)C. The van der Waals surface area contributed by atoms with Gasteiger partial charge in [-0.1, -0.05) is 64.7 Å². The van der Waals surface area contributed by atoms with Crippen LogP contribution >= 0.6 is 0 Å². The number of ketones is 1. The minimum Gasteiger partial charge on any atom is -0.298 e. The second-order valence-corrected chi connectivity index (χ2v) is 6.81. The molecule has 0 fully saturated rings. The van der Waals surface area contributed by atoms with Gasteiger partial charge in [-0.3, -0.25) is 9.69 Å². The van der Waals surface area contributed by atoms with Crippen LogP contribution in [-0.2, 0) is 4.79 Å². The molecule has 0 spiro atoms. The molecule has 0 N–H and O–H groups in total. The molecule has 0 amide bonds. The molecular formula is C18H37NO. The van der Waals surface area contributed by atoms with Gasteiger partial charge in [-0.05, 0) is 34.4 Å². The highest BCUT2D eigenvalue weighted by Gasteiger charge is 2.28. The van der Waals surface area contributed by atoms with E-state index in [1.807, 2.05) is 32.8 Å². The van der Waals surface area contributed by atoms with Crippen LogP contribution in [0.1, 0.15) is 91.4 Å². The van der Waals surface area contributed by atoms with Crippen LogP contribution in [0.3, 0.4) is 0 Å². The molecule has 0 heterocycles. The highest BCUT2D eigenvalue weighted by atomic mass is 16.1. The molecule has 120 valence electrons. The Bertz CT molecular complexity index is 246. The van der Waals surface area contributed by atoms with Gasteiger partial charge in [0.05, 0.1) is 5.54 Å². The molecule has 2 nitrogen and oxygen atoms in total. The van der Waals surface area contributed by atoms with Gasteiger partial charge in [0, 0.05) is 6.42 Å². The van der Waals surface area contributed by atoms with E-state index in [1.165, 1.54) is 57.8 Å². The first-order valence-corrected chi connectivity index (χ1v) is 8.63. The number of carbonyl (C=O) groups excluding carboxylic acids is 1. The summed E-state index contributed by atoms with van der Waals surface area (Å²) < 4.78 is 0. The Hall–Kier alpha value is -0.370. The van der Waals surface area contributed by atoms with Gasteiger partial charge < -0.3 is 0 Å².